The molecule has 2 heterocycles. The summed E-state index contributed by atoms with van der Waals surface area (Å²) in [6.07, 6.45) is 1.35. The first kappa shape index (κ1) is 14.2. The van der Waals surface area contributed by atoms with Crippen LogP contribution < -0.4 is 10.3 Å². The maximum atomic E-state index is 14.0. The summed E-state index contributed by atoms with van der Waals surface area (Å²) in [4.78, 5) is 18.5. The monoisotopic (exact) mass is 306 g/mol. The van der Waals surface area contributed by atoms with Crippen LogP contribution in [-0.2, 0) is 0 Å². The molecule has 0 aliphatic carbocycles. The molecule has 3 rings (SSSR count). The Morgan fingerprint density at radius 1 is 1.36 bits per heavy atom. The van der Waals surface area contributed by atoms with E-state index in [2.05, 4.69) is 15.1 Å². The zero-order valence-electron chi connectivity index (χ0n) is 11.9. The second kappa shape index (κ2) is 5.21. The number of aromatic amines is 1. The first-order valence-electron chi connectivity index (χ1n) is 6.58. The van der Waals surface area contributed by atoms with E-state index in [0.717, 1.165) is 6.07 Å². The standard InChI is InChI=1S/C14H12F2N4O2/c1-3-22-14-17-12-9(13(21)18-14)6-20(19-12)11-7(2)4-8(15)5-10(11)16/h4-6H,3H2,1-2H3,(H,17,18,19,21). The molecule has 0 saturated heterocycles. The van der Waals surface area contributed by atoms with E-state index in [4.69, 9.17) is 4.74 Å². The summed E-state index contributed by atoms with van der Waals surface area (Å²) in [7, 11) is 0. The van der Waals surface area contributed by atoms with Crippen LogP contribution in [0.3, 0.4) is 0 Å². The molecule has 0 aliphatic rings. The molecule has 0 aliphatic heterocycles. The number of nitrogens with zero attached hydrogens (tertiary/aromatic N) is 3. The zero-order chi connectivity index (χ0) is 15.9. The lowest BCUT2D eigenvalue weighted by Crippen LogP contribution is -2.09. The van der Waals surface area contributed by atoms with Crippen molar-refractivity contribution in [3.05, 3.63) is 45.9 Å². The number of H-pyrrole nitrogens is 1. The lowest BCUT2D eigenvalue weighted by atomic mass is 10.2. The third-order valence-corrected chi connectivity index (χ3v) is 3.10. The van der Waals surface area contributed by atoms with Gasteiger partial charge in [0.15, 0.2) is 11.5 Å². The van der Waals surface area contributed by atoms with Crippen LogP contribution in [0.5, 0.6) is 6.01 Å². The van der Waals surface area contributed by atoms with E-state index in [1.165, 1.54) is 16.9 Å². The molecule has 1 N–H and O–H groups in total. The van der Waals surface area contributed by atoms with Gasteiger partial charge in [-0.15, -0.1) is 5.10 Å². The molecule has 0 radical (unpaired) electrons. The van der Waals surface area contributed by atoms with Gasteiger partial charge in [0.25, 0.3) is 11.6 Å². The van der Waals surface area contributed by atoms with E-state index < -0.39 is 17.2 Å². The molecule has 0 amide bonds. The summed E-state index contributed by atoms with van der Waals surface area (Å²) in [6, 6.07) is 1.99. The molecular weight excluding hydrogens is 294 g/mol. The highest BCUT2D eigenvalue weighted by molar-refractivity contribution is 5.73. The van der Waals surface area contributed by atoms with Crippen LogP contribution >= 0.6 is 0 Å². The Balaban J connectivity index is 2.21. The van der Waals surface area contributed by atoms with E-state index in [-0.39, 0.29) is 22.7 Å². The average Bonchev–Trinajstić information content (AvgIpc) is 2.82. The fourth-order valence-corrected chi connectivity index (χ4v) is 2.20. The minimum Gasteiger partial charge on any atom is -0.465 e. The normalized spacial score (nSPS) is 11.1. The van der Waals surface area contributed by atoms with Crippen LogP contribution in [0.4, 0.5) is 8.78 Å². The van der Waals surface area contributed by atoms with Gasteiger partial charge in [-0.25, -0.2) is 13.5 Å². The Hall–Kier alpha value is -2.77. The molecule has 0 bridgehead atoms. The largest absolute Gasteiger partial charge is 0.465 e. The number of nitrogens with one attached hydrogen (secondary N) is 1. The van der Waals surface area contributed by atoms with Crippen LogP contribution in [-0.4, -0.2) is 26.4 Å². The summed E-state index contributed by atoms with van der Waals surface area (Å²) >= 11 is 0. The first-order valence-corrected chi connectivity index (χ1v) is 6.58. The van der Waals surface area contributed by atoms with Crippen molar-refractivity contribution in [3.8, 4) is 11.7 Å². The Kier molecular flexibility index (Phi) is 3.36. The first-order chi connectivity index (χ1) is 10.5. The van der Waals surface area contributed by atoms with E-state index in [1.54, 1.807) is 13.8 Å². The quantitative estimate of drug-likeness (QED) is 0.804. The smallest absolute Gasteiger partial charge is 0.298 e. The molecule has 3 aromatic rings. The van der Waals surface area contributed by atoms with Gasteiger partial charge >= 0.3 is 0 Å². The van der Waals surface area contributed by atoms with Crippen molar-refractivity contribution in [2.75, 3.05) is 6.61 Å². The van der Waals surface area contributed by atoms with Crippen LogP contribution in [0.2, 0.25) is 0 Å². The van der Waals surface area contributed by atoms with Gasteiger partial charge in [-0.3, -0.25) is 9.78 Å². The van der Waals surface area contributed by atoms with Crippen molar-refractivity contribution in [1.82, 2.24) is 19.7 Å². The molecule has 2 aromatic heterocycles. The number of ether oxygens (including phenoxy) is 1. The van der Waals surface area contributed by atoms with Gasteiger partial charge < -0.3 is 4.74 Å². The number of benzene rings is 1. The fourth-order valence-electron chi connectivity index (χ4n) is 2.20. The van der Waals surface area contributed by atoms with Gasteiger partial charge in [-0.2, -0.15) is 4.98 Å². The molecular formula is C14H12F2N4O2. The summed E-state index contributed by atoms with van der Waals surface area (Å²) < 4.78 is 33.5. The van der Waals surface area contributed by atoms with E-state index in [1.807, 2.05) is 0 Å². The lowest BCUT2D eigenvalue weighted by Gasteiger charge is -2.06. The number of fused-ring (bicyclic) bond motifs is 1. The third kappa shape index (κ3) is 2.32. The maximum Gasteiger partial charge on any atom is 0.298 e. The topological polar surface area (TPSA) is 72.8 Å². The average molecular weight is 306 g/mol. The van der Waals surface area contributed by atoms with Crippen molar-refractivity contribution in [2.45, 2.75) is 13.8 Å². The van der Waals surface area contributed by atoms with E-state index >= 15 is 0 Å². The van der Waals surface area contributed by atoms with Crippen molar-refractivity contribution in [3.63, 3.8) is 0 Å². The van der Waals surface area contributed by atoms with Gasteiger partial charge in [0.1, 0.15) is 16.9 Å². The third-order valence-electron chi connectivity index (χ3n) is 3.10. The molecule has 1 aromatic carbocycles. The highest BCUT2D eigenvalue weighted by Gasteiger charge is 2.15. The number of aromatic nitrogens is 4. The number of hydrogen-bond acceptors (Lipinski definition) is 4. The number of aryl methyl sites for hydroxylation is 1. The Morgan fingerprint density at radius 3 is 2.82 bits per heavy atom. The molecule has 0 saturated carbocycles. The van der Waals surface area contributed by atoms with Crippen molar-refractivity contribution in [1.29, 1.82) is 0 Å². The number of rotatable bonds is 3. The Morgan fingerprint density at radius 2 is 2.14 bits per heavy atom. The van der Waals surface area contributed by atoms with Crippen molar-refractivity contribution >= 4 is 11.0 Å². The molecule has 114 valence electrons. The second-order valence-electron chi connectivity index (χ2n) is 4.67. The highest BCUT2D eigenvalue weighted by atomic mass is 19.1. The molecule has 0 unspecified atom stereocenters. The summed E-state index contributed by atoms with van der Waals surface area (Å²) in [5.74, 6) is -1.45. The van der Waals surface area contributed by atoms with E-state index in [0.29, 0.717) is 12.2 Å². The summed E-state index contributed by atoms with van der Waals surface area (Å²) in [5.41, 5.74) is 0.0960. The van der Waals surface area contributed by atoms with Gasteiger partial charge in [-0.1, -0.05) is 0 Å². The maximum absolute atomic E-state index is 14.0. The minimum atomic E-state index is -0.772. The highest BCUT2D eigenvalue weighted by Crippen LogP contribution is 2.21. The van der Waals surface area contributed by atoms with Crippen LogP contribution in [0.15, 0.2) is 23.1 Å². The summed E-state index contributed by atoms with van der Waals surface area (Å²) in [5, 5.41) is 4.27. The van der Waals surface area contributed by atoms with Gasteiger partial charge in [0.2, 0.25) is 0 Å². The Bertz CT molecular complexity index is 894. The lowest BCUT2D eigenvalue weighted by molar-refractivity contribution is 0.313. The van der Waals surface area contributed by atoms with Gasteiger partial charge in [-0.05, 0) is 25.5 Å². The summed E-state index contributed by atoms with van der Waals surface area (Å²) in [6.45, 7) is 3.64. The SMILES string of the molecule is CCOc1nc2nn(-c3c(C)cc(F)cc3F)cc2c(=O)[nH]1. The van der Waals surface area contributed by atoms with Gasteiger partial charge in [0.05, 0.1) is 6.61 Å². The molecule has 6 nitrogen and oxygen atoms in total. The van der Waals surface area contributed by atoms with E-state index in [9.17, 15) is 13.6 Å². The molecule has 22 heavy (non-hydrogen) atoms. The Labute approximate surface area is 123 Å². The van der Waals surface area contributed by atoms with Crippen molar-refractivity contribution < 1.29 is 13.5 Å². The van der Waals surface area contributed by atoms with Gasteiger partial charge in [0, 0.05) is 12.3 Å². The molecule has 8 heteroatoms. The van der Waals surface area contributed by atoms with Crippen LogP contribution in [0, 0.1) is 18.6 Å². The minimum absolute atomic E-state index is 0.0431. The molecule has 0 atom stereocenters. The van der Waals surface area contributed by atoms with Crippen molar-refractivity contribution in [2.24, 2.45) is 0 Å². The second-order valence-corrected chi connectivity index (χ2v) is 4.67. The fraction of sp³-hybridized carbons (Fsp3) is 0.214. The zero-order valence-corrected chi connectivity index (χ0v) is 11.9. The predicted octanol–water partition coefficient (Wildman–Crippen LogP) is 2.09. The predicted molar refractivity (Wildman–Crippen MR) is 75.3 cm³/mol. The molecule has 0 spiro atoms. The van der Waals surface area contributed by atoms with Crippen LogP contribution in [0.1, 0.15) is 12.5 Å². The van der Waals surface area contributed by atoms with Crippen LogP contribution in [0.25, 0.3) is 16.7 Å². The molecule has 0 fully saturated rings. The number of halogens is 2. The number of hydrogen-bond donors (Lipinski definition) is 1.